The molecule has 6 nitrogen and oxygen atoms in total. The number of hydrogen-bond acceptors (Lipinski definition) is 5. The standard InChI is InChI=1S/C26H18ClN5O/c1-16-25-30-31-26(20-7-3-4-8-21(20)27)32(25)24-14-19(12-13-23(24)28-16)33-15-18-11-10-17-6-2-5-9-22(17)29-18/h2-14H,15H2,1H3. The molecule has 33 heavy (non-hydrogen) atoms. The van der Waals surface area contributed by atoms with Crippen LogP contribution in [0.4, 0.5) is 0 Å². The molecule has 6 aromatic rings. The summed E-state index contributed by atoms with van der Waals surface area (Å²) in [7, 11) is 0. The Kier molecular flexibility index (Phi) is 4.66. The van der Waals surface area contributed by atoms with E-state index in [9.17, 15) is 0 Å². The SMILES string of the molecule is Cc1nc2ccc(OCc3ccc4ccccc4n3)cc2n2c(-c3ccccc3Cl)nnc12. The molecule has 0 radical (unpaired) electrons. The molecule has 3 aromatic heterocycles. The van der Waals surface area contributed by atoms with Crippen molar-refractivity contribution >= 4 is 39.2 Å². The number of fused-ring (bicyclic) bond motifs is 4. The fraction of sp³-hybridized carbons (Fsp3) is 0.0769. The highest BCUT2D eigenvalue weighted by Gasteiger charge is 2.17. The van der Waals surface area contributed by atoms with Crippen LogP contribution >= 0.6 is 11.6 Å². The maximum Gasteiger partial charge on any atom is 0.183 e. The van der Waals surface area contributed by atoms with Crippen LogP contribution in [-0.4, -0.2) is 24.6 Å². The van der Waals surface area contributed by atoms with Crippen LogP contribution in [-0.2, 0) is 6.61 Å². The van der Waals surface area contributed by atoms with Crippen LogP contribution in [0.15, 0.2) is 78.9 Å². The molecule has 7 heteroatoms. The Balaban J connectivity index is 1.42. The van der Waals surface area contributed by atoms with E-state index in [-0.39, 0.29) is 0 Å². The van der Waals surface area contributed by atoms with Crippen LogP contribution in [0.3, 0.4) is 0 Å². The number of aromatic nitrogens is 5. The minimum Gasteiger partial charge on any atom is -0.487 e. The zero-order chi connectivity index (χ0) is 22.4. The average molecular weight is 452 g/mol. The van der Waals surface area contributed by atoms with E-state index in [0.717, 1.165) is 38.9 Å². The van der Waals surface area contributed by atoms with Gasteiger partial charge >= 0.3 is 0 Å². The van der Waals surface area contributed by atoms with E-state index in [1.54, 1.807) is 0 Å². The van der Waals surface area contributed by atoms with Crippen molar-refractivity contribution in [2.75, 3.05) is 0 Å². The first-order valence-corrected chi connectivity index (χ1v) is 10.9. The summed E-state index contributed by atoms with van der Waals surface area (Å²) < 4.78 is 8.09. The summed E-state index contributed by atoms with van der Waals surface area (Å²) in [6.45, 7) is 2.29. The molecule has 0 aliphatic rings. The van der Waals surface area contributed by atoms with Crippen LogP contribution in [0.1, 0.15) is 11.4 Å². The smallest absolute Gasteiger partial charge is 0.183 e. The van der Waals surface area contributed by atoms with E-state index in [2.05, 4.69) is 16.3 Å². The van der Waals surface area contributed by atoms with E-state index >= 15 is 0 Å². The van der Waals surface area contributed by atoms with Crippen molar-refractivity contribution in [1.29, 1.82) is 0 Å². The summed E-state index contributed by atoms with van der Waals surface area (Å²) in [5.41, 5.74) is 5.77. The quantitative estimate of drug-likeness (QED) is 0.327. The van der Waals surface area contributed by atoms with Crippen molar-refractivity contribution in [3.8, 4) is 17.1 Å². The molecule has 0 spiro atoms. The largest absolute Gasteiger partial charge is 0.487 e. The molecule has 0 N–H and O–H groups in total. The van der Waals surface area contributed by atoms with Crippen molar-refractivity contribution in [3.63, 3.8) is 0 Å². The Labute approximate surface area is 194 Å². The molecule has 160 valence electrons. The molecule has 6 rings (SSSR count). The Hall–Kier alpha value is -4.03. The second kappa shape index (κ2) is 7.83. The monoisotopic (exact) mass is 451 g/mol. The zero-order valence-electron chi connectivity index (χ0n) is 17.7. The van der Waals surface area contributed by atoms with Gasteiger partial charge in [0.25, 0.3) is 0 Å². The minimum absolute atomic E-state index is 0.359. The summed E-state index contributed by atoms with van der Waals surface area (Å²) in [5, 5.41) is 10.5. The molecule has 3 aromatic carbocycles. The molecule has 3 heterocycles. The molecule has 0 amide bonds. The van der Waals surface area contributed by atoms with Crippen LogP contribution in [0.2, 0.25) is 5.02 Å². The van der Waals surface area contributed by atoms with Crippen LogP contribution in [0.25, 0.3) is 39.0 Å². The molecule has 0 bridgehead atoms. The Bertz CT molecular complexity index is 1660. The third-order valence-electron chi connectivity index (χ3n) is 5.62. The number of hydrogen-bond donors (Lipinski definition) is 0. The number of nitrogens with zero attached hydrogens (tertiary/aromatic N) is 5. The maximum absolute atomic E-state index is 6.47. The number of halogens is 1. The lowest BCUT2D eigenvalue weighted by atomic mass is 10.2. The van der Waals surface area contributed by atoms with Gasteiger partial charge in [-0.05, 0) is 43.3 Å². The summed E-state index contributed by atoms with van der Waals surface area (Å²) in [4.78, 5) is 9.39. The van der Waals surface area contributed by atoms with Crippen LogP contribution in [0, 0.1) is 6.92 Å². The predicted octanol–water partition coefficient (Wildman–Crippen LogP) is 6.03. The first-order chi connectivity index (χ1) is 16.2. The van der Waals surface area contributed by atoms with Gasteiger partial charge in [0.1, 0.15) is 12.4 Å². The molecule has 0 aliphatic heterocycles. The lowest BCUT2D eigenvalue weighted by Gasteiger charge is -2.11. The van der Waals surface area contributed by atoms with Gasteiger partial charge in [-0.3, -0.25) is 4.40 Å². The van der Waals surface area contributed by atoms with Crippen molar-refractivity contribution < 1.29 is 4.74 Å². The van der Waals surface area contributed by atoms with E-state index in [0.29, 0.717) is 28.9 Å². The Morgan fingerprint density at radius 3 is 2.61 bits per heavy atom. The Morgan fingerprint density at radius 2 is 1.70 bits per heavy atom. The lowest BCUT2D eigenvalue weighted by molar-refractivity contribution is 0.302. The van der Waals surface area contributed by atoms with E-state index < -0.39 is 0 Å². The highest BCUT2D eigenvalue weighted by atomic mass is 35.5. The van der Waals surface area contributed by atoms with Gasteiger partial charge < -0.3 is 4.74 Å². The predicted molar refractivity (Wildman–Crippen MR) is 130 cm³/mol. The van der Waals surface area contributed by atoms with Gasteiger partial charge in [0.2, 0.25) is 0 Å². The zero-order valence-corrected chi connectivity index (χ0v) is 18.5. The highest BCUT2D eigenvalue weighted by Crippen LogP contribution is 2.30. The summed E-state index contributed by atoms with van der Waals surface area (Å²) in [5.74, 6) is 1.38. The highest BCUT2D eigenvalue weighted by molar-refractivity contribution is 6.33. The van der Waals surface area contributed by atoms with E-state index in [4.69, 9.17) is 26.3 Å². The van der Waals surface area contributed by atoms with Gasteiger partial charge in [0.05, 0.1) is 33.0 Å². The van der Waals surface area contributed by atoms with Gasteiger partial charge in [-0.1, -0.05) is 48.0 Å². The number of benzene rings is 3. The minimum atomic E-state index is 0.359. The van der Waals surface area contributed by atoms with Crippen LogP contribution in [0.5, 0.6) is 5.75 Å². The molecule has 0 unspecified atom stereocenters. The molecule has 0 saturated carbocycles. The number of rotatable bonds is 4. The summed E-state index contributed by atoms with van der Waals surface area (Å²) in [6.07, 6.45) is 0. The van der Waals surface area contributed by atoms with Crippen molar-refractivity contribution in [2.45, 2.75) is 13.5 Å². The normalized spacial score (nSPS) is 11.5. The van der Waals surface area contributed by atoms with Gasteiger partial charge in [-0.25, -0.2) is 9.97 Å². The summed E-state index contributed by atoms with van der Waals surface area (Å²) in [6, 6.07) is 25.5. The number of pyridine rings is 1. The Morgan fingerprint density at radius 1 is 0.848 bits per heavy atom. The van der Waals surface area contributed by atoms with Crippen molar-refractivity contribution in [3.05, 3.63) is 95.3 Å². The molecular formula is C26H18ClN5O. The van der Waals surface area contributed by atoms with Gasteiger partial charge in [-0.15, -0.1) is 10.2 Å². The number of ether oxygens (including phenoxy) is 1. The van der Waals surface area contributed by atoms with Gasteiger partial charge in [-0.2, -0.15) is 0 Å². The number of para-hydroxylation sites is 1. The molecule has 0 fully saturated rings. The van der Waals surface area contributed by atoms with Crippen LogP contribution < -0.4 is 4.74 Å². The topological polar surface area (TPSA) is 65.2 Å². The first-order valence-electron chi connectivity index (χ1n) is 10.6. The average Bonchev–Trinajstić information content (AvgIpc) is 3.29. The van der Waals surface area contributed by atoms with E-state index in [1.165, 1.54) is 0 Å². The van der Waals surface area contributed by atoms with Gasteiger partial charge in [0, 0.05) is 17.0 Å². The second-order valence-electron chi connectivity index (χ2n) is 7.79. The molecule has 0 atom stereocenters. The third kappa shape index (κ3) is 3.45. The molecule has 0 saturated heterocycles. The molecule has 0 aliphatic carbocycles. The molecular weight excluding hydrogens is 434 g/mol. The van der Waals surface area contributed by atoms with Gasteiger partial charge in [0.15, 0.2) is 11.5 Å². The summed E-state index contributed by atoms with van der Waals surface area (Å²) >= 11 is 6.47. The third-order valence-corrected chi connectivity index (χ3v) is 5.95. The van der Waals surface area contributed by atoms with Crippen molar-refractivity contribution in [1.82, 2.24) is 24.6 Å². The fourth-order valence-electron chi connectivity index (χ4n) is 4.01. The maximum atomic E-state index is 6.47. The van der Waals surface area contributed by atoms with E-state index in [1.807, 2.05) is 84.1 Å². The lowest BCUT2D eigenvalue weighted by Crippen LogP contribution is -2.01. The second-order valence-corrected chi connectivity index (χ2v) is 8.20. The fourth-order valence-corrected chi connectivity index (χ4v) is 4.23. The number of aryl methyl sites for hydroxylation is 1. The van der Waals surface area contributed by atoms with Crippen molar-refractivity contribution in [2.24, 2.45) is 0 Å². The first kappa shape index (κ1) is 19.6.